The van der Waals surface area contributed by atoms with Gasteiger partial charge in [-0.3, -0.25) is 0 Å². The highest BCUT2D eigenvalue weighted by molar-refractivity contribution is 7.81. The number of carbonyl (C=O) groups is 1. The van der Waals surface area contributed by atoms with E-state index in [2.05, 4.69) is 6.58 Å². The van der Waals surface area contributed by atoms with Gasteiger partial charge in [0.25, 0.3) is 0 Å². The van der Waals surface area contributed by atoms with Crippen molar-refractivity contribution < 1.29 is 9.53 Å². The van der Waals surface area contributed by atoms with Gasteiger partial charge in [0.1, 0.15) is 5.60 Å². The monoisotopic (exact) mass is 238 g/mol. The van der Waals surface area contributed by atoms with Crippen LogP contribution < -0.4 is 0 Å². The minimum atomic E-state index is -0.265. The molecule has 0 saturated heterocycles. The molecule has 2 atom stereocenters. The molecule has 16 heavy (non-hydrogen) atoms. The van der Waals surface area contributed by atoms with Gasteiger partial charge in [0.2, 0.25) is 0 Å². The van der Waals surface area contributed by atoms with Gasteiger partial charge in [-0.15, -0.1) is 0 Å². The minimum absolute atomic E-state index is 0.130. The summed E-state index contributed by atoms with van der Waals surface area (Å²) < 4.78 is 5.79. The molecule has 0 radical (unpaired) electrons. The zero-order valence-corrected chi connectivity index (χ0v) is 10.3. The second-order valence-corrected chi connectivity index (χ2v) is 6.94. The maximum absolute atomic E-state index is 11.4. The Bertz CT molecular complexity index is 336. The maximum Gasteiger partial charge on any atom is 0.330 e. The molecule has 3 heteroatoms. The molecule has 2 nitrogen and oxygen atoms in total. The van der Waals surface area contributed by atoms with Crippen molar-refractivity contribution in [2.75, 3.05) is 0 Å². The van der Waals surface area contributed by atoms with Gasteiger partial charge in [0.15, 0.2) is 0 Å². The Morgan fingerprint density at radius 3 is 2.44 bits per heavy atom. The van der Waals surface area contributed by atoms with Crippen LogP contribution in [0, 0.1) is 11.8 Å². The van der Waals surface area contributed by atoms with Crippen LogP contribution in [0.5, 0.6) is 0 Å². The SMILES string of the molecule is C=CC(=O)OC12CC3CC(CC(S)(C3)C1)C2. The third-order valence-corrected chi connectivity index (χ3v) is 4.98. The largest absolute Gasteiger partial charge is 0.456 e. The molecule has 2 unspecified atom stereocenters. The molecule has 0 heterocycles. The summed E-state index contributed by atoms with van der Waals surface area (Å²) in [4.78, 5) is 11.4. The van der Waals surface area contributed by atoms with Gasteiger partial charge in [-0.2, -0.15) is 12.6 Å². The first-order valence-corrected chi connectivity index (χ1v) is 6.55. The second kappa shape index (κ2) is 3.28. The molecule has 0 amide bonds. The van der Waals surface area contributed by atoms with E-state index in [1.54, 1.807) is 0 Å². The predicted octanol–water partition coefficient (Wildman–Crippen LogP) is 2.74. The summed E-state index contributed by atoms with van der Waals surface area (Å²) in [5.41, 5.74) is -0.211. The number of hydrogen-bond donors (Lipinski definition) is 1. The molecule has 4 fully saturated rings. The Morgan fingerprint density at radius 1 is 1.31 bits per heavy atom. The molecule has 0 aromatic carbocycles. The Balaban J connectivity index is 1.86. The van der Waals surface area contributed by atoms with Crippen molar-refractivity contribution in [1.82, 2.24) is 0 Å². The first kappa shape index (κ1) is 10.7. The molecule has 0 aromatic heterocycles. The van der Waals surface area contributed by atoms with Crippen LogP contribution in [0.1, 0.15) is 38.5 Å². The number of ether oxygens (including phenoxy) is 1. The molecule has 4 bridgehead atoms. The molecule has 0 N–H and O–H groups in total. The summed E-state index contributed by atoms with van der Waals surface area (Å²) in [6.07, 6.45) is 8.05. The summed E-state index contributed by atoms with van der Waals surface area (Å²) in [6.45, 7) is 3.48. The number of rotatable bonds is 2. The van der Waals surface area contributed by atoms with E-state index >= 15 is 0 Å². The van der Waals surface area contributed by atoms with Gasteiger partial charge in [-0.05, 0) is 43.9 Å². The lowest BCUT2D eigenvalue weighted by molar-refractivity contribution is -0.177. The van der Waals surface area contributed by atoms with E-state index in [1.165, 1.54) is 25.3 Å². The fraction of sp³-hybridized carbons (Fsp3) is 0.769. The standard InChI is InChI=1S/C13H18O2S/c1-2-11(14)15-12-4-9-3-10(5-12)7-13(16,6-9)8-12/h2,9-10,16H,1,3-8H2. The molecule has 4 saturated carbocycles. The van der Waals surface area contributed by atoms with Crippen molar-refractivity contribution in [3.05, 3.63) is 12.7 Å². The maximum atomic E-state index is 11.4. The van der Waals surface area contributed by atoms with Crippen molar-refractivity contribution >= 4 is 18.6 Å². The Morgan fingerprint density at radius 2 is 1.94 bits per heavy atom. The van der Waals surface area contributed by atoms with Crippen LogP contribution in [0.4, 0.5) is 0 Å². The predicted molar refractivity (Wildman–Crippen MR) is 65.4 cm³/mol. The van der Waals surface area contributed by atoms with Crippen molar-refractivity contribution in [1.29, 1.82) is 0 Å². The Labute approximate surface area is 102 Å². The van der Waals surface area contributed by atoms with E-state index in [0.717, 1.165) is 31.1 Å². The molecule has 0 aliphatic heterocycles. The van der Waals surface area contributed by atoms with E-state index in [-0.39, 0.29) is 16.3 Å². The highest BCUT2D eigenvalue weighted by atomic mass is 32.1. The third-order valence-electron chi connectivity index (χ3n) is 4.46. The Hall–Kier alpha value is -0.440. The van der Waals surface area contributed by atoms with Gasteiger partial charge >= 0.3 is 5.97 Å². The van der Waals surface area contributed by atoms with Gasteiger partial charge in [-0.25, -0.2) is 4.79 Å². The van der Waals surface area contributed by atoms with Crippen LogP contribution in [0.15, 0.2) is 12.7 Å². The lowest BCUT2D eigenvalue weighted by atomic mass is 9.53. The fourth-order valence-electron chi connectivity index (χ4n) is 4.51. The van der Waals surface area contributed by atoms with Crippen molar-refractivity contribution in [2.45, 2.75) is 48.9 Å². The van der Waals surface area contributed by atoms with Crippen LogP contribution in [0.2, 0.25) is 0 Å². The highest BCUT2D eigenvalue weighted by Gasteiger charge is 2.58. The molecule has 4 aliphatic rings. The summed E-state index contributed by atoms with van der Waals surface area (Å²) >= 11 is 4.84. The molecule has 0 spiro atoms. The van der Waals surface area contributed by atoms with Gasteiger partial charge in [0.05, 0.1) is 0 Å². The average molecular weight is 238 g/mol. The van der Waals surface area contributed by atoms with E-state index in [4.69, 9.17) is 17.4 Å². The smallest absolute Gasteiger partial charge is 0.330 e. The average Bonchev–Trinajstić information content (AvgIpc) is 2.12. The number of carbonyl (C=O) groups excluding carboxylic acids is 1. The van der Waals surface area contributed by atoms with E-state index in [9.17, 15) is 4.79 Å². The molecular formula is C13H18O2S. The van der Waals surface area contributed by atoms with Crippen LogP contribution in [0.3, 0.4) is 0 Å². The van der Waals surface area contributed by atoms with Crippen LogP contribution in [-0.2, 0) is 9.53 Å². The minimum Gasteiger partial charge on any atom is -0.456 e. The van der Waals surface area contributed by atoms with Crippen molar-refractivity contribution in [3.8, 4) is 0 Å². The normalized spacial score (nSPS) is 49.1. The van der Waals surface area contributed by atoms with Crippen molar-refractivity contribution in [2.24, 2.45) is 11.8 Å². The van der Waals surface area contributed by atoms with Gasteiger partial charge in [0, 0.05) is 17.2 Å². The molecule has 4 rings (SSSR count). The van der Waals surface area contributed by atoms with Crippen LogP contribution in [0.25, 0.3) is 0 Å². The quantitative estimate of drug-likeness (QED) is 0.455. The van der Waals surface area contributed by atoms with E-state index in [0.29, 0.717) is 0 Å². The van der Waals surface area contributed by atoms with E-state index < -0.39 is 0 Å². The molecule has 4 aliphatic carbocycles. The summed E-state index contributed by atoms with van der Waals surface area (Å²) in [6, 6.07) is 0. The Kier molecular flexibility index (Phi) is 2.19. The summed E-state index contributed by atoms with van der Waals surface area (Å²) in [5, 5.41) is 0. The fourth-order valence-corrected chi connectivity index (χ4v) is 5.31. The molecule has 88 valence electrons. The second-order valence-electron chi connectivity index (χ2n) is 5.99. The number of esters is 1. The van der Waals surface area contributed by atoms with Crippen LogP contribution in [-0.4, -0.2) is 16.3 Å². The van der Waals surface area contributed by atoms with Gasteiger partial charge in [-0.1, -0.05) is 6.58 Å². The van der Waals surface area contributed by atoms with Gasteiger partial charge < -0.3 is 4.74 Å². The number of thiol groups is 1. The lowest BCUT2D eigenvalue weighted by Gasteiger charge is -2.59. The lowest BCUT2D eigenvalue weighted by Crippen LogP contribution is -2.58. The first-order valence-electron chi connectivity index (χ1n) is 6.10. The third kappa shape index (κ3) is 1.60. The molecule has 0 aromatic rings. The van der Waals surface area contributed by atoms with Crippen molar-refractivity contribution in [3.63, 3.8) is 0 Å². The van der Waals surface area contributed by atoms with Crippen LogP contribution >= 0.6 is 12.6 Å². The highest BCUT2D eigenvalue weighted by Crippen LogP contribution is 2.61. The summed E-state index contributed by atoms with van der Waals surface area (Å²) in [5.74, 6) is 1.17. The van der Waals surface area contributed by atoms with E-state index in [1.807, 2.05) is 0 Å². The molecular weight excluding hydrogens is 220 g/mol. The summed E-state index contributed by atoms with van der Waals surface area (Å²) in [7, 11) is 0. The number of hydrogen-bond acceptors (Lipinski definition) is 3. The topological polar surface area (TPSA) is 26.3 Å². The zero-order valence-electron chi connectivity index (χ0n) is 9.45. The zero-order chi connectivity index (χ0) is 11.4. The first-order chi connectivity index (χ1) is 7.53.